The molecule has 0 saturated heterocycles. The maximum atomic E-state index is 12.3. The highest BCUT2D eigenvalue weighted by Gasteiger charge is 2.30. The first-order valence-corrected chi connectivity index (χ1v) is 4.61. The van der Waals surface area contributed by atoms with E-state index < -0.39 is 17.8 Å². The minimum Gasteiger partial charge on any atom is -0.491 e. The second-order valence-electron chi connectivity index (χ2n) is 3.23. The number of ether oxygens (including phenoxy) is 1. The molecule has 0 radical (unpaired) electrons. The summed E-state index contributed by atoms with van der Waals surface area (Å²) in [7, 11) is 0. The summed E-state index contributed by atoms with van der Waals surface area (Å²) in [5.41, 5.74) is 4.34. The van der Waals surface area contributed by atoms with Gasteiger partial charge in [-0.3, -0.25) is 0 Å². The van der Waals surface area contributed by atoms with Crippen molar-refractivity contribution in [3.63, 3.8) is 0 Å². The molecule has 6 heteroatoms. The highest BCUT2D eigenvalue weighted by atomic mass is 19.4. The van der Waals surface area contributed by atoms with Crippen molar-refractivity contribution in [3.8, 4) is 5.75 Å². The largest absolute Gasteiger partial charge is 0.491 e. The van der Waals surface area contributed by atoms with Crippen LogP contribution in [0, 0.1) is 0 Å². The van der Waals surface area contributed by atoms with E-state index >= 15 is 0 Å². The normalized spacial score (nSPS) is 13.6. The molecule has 0 spiro atoms. The molecule has 3 nitrogen and oxygen atoms in total. The van der Waals surface area contributed by atoms with Crippen LogP contribution in [0.4, 0.5) is 13.2 Å². The number of aliphatic hydroxyl groups excluding tert-OH is 1. The Balaban J connectivity index is 2.68. The molecule has 0 bridgehead atoms. The molecule has 0 aromatic heterocycles. The molecule has 0 aliphatic rings. The molecular weight excluding hydrogens is 223 g/mol. The van der Waals surface area contributed by atoms with Gasteiger partial charge in [-0.1, -0.05) is 6.07 Å². The van der Waals surface area contributed by atoms with Gasteiger partial charge in [-0.2, -0.15) is 13.2 Å². The summed E-state index contributed by atoms with van der Waals surface area (Å²) in [5.74, 6) is 0.0577. The molecule has 90 valence electrons. The first-order chi connectivity index (χ1) is 7.43. The van der Waals surface area contributed by atoms with E-state index in [0.717, 1.165) is 12.1 Å². The van der Waals surface area contributed by atoms with E-state index in [1.807, 2.05) is 0 Å². The zero-order valence-corrected chi connectivity index (χ0v) is 8.37. The van der Waals surface area contributed by atoms with Crippen LogP contribution >= 0.6 is 0 Å². The number of hydrogen-bond acceptors (Lipinski definition) is 3. The first kappa shape index (κ1) is 12.8. The van der Waals surface area contributed by atoms with Crippen molar-refractivity contribution in [2.75, 3.05) is 13.2 Å². The van der Waals surface area contributed by atoms with E-state index in [9.17, 15) is 13.2 Å². The Morgan fingerprint density at radius 1 is 1.38 bits per heavy atom. The van der Waals surface area contributed by atoms with E-state index in [4.69, 9.17) is 15.6 Å². The lowest BCUT2D eigenvalue weighted by Gasteiger charge is -2.12. The predicted octanol–water partition coefficient (Wildman–Crippen LogP) is 1.40. The summed E-state index contributed by atoms with van der Waals surface area (Å²) in [6, 6.07) is 4.46. The molecule has 1 aromatic rings. The summed E-state index contributed by atoms with van der Waals surface area (Å²) in [6.45, 7) is -0.128. The number of alkyl halides is 3. The standard InChI is InChI=1S/C10H12F3NO2/c11-10(12,13)7-2-1-3-9(4-7)16-6-8(15)5-14/h1-4,8,15H,5-6,14H2/t8-/m1/s1. The van der Waals surface area contributed by atoms with Crippen LogP contribution in [0.2, 0.25) is 0 Å². The Labute approximate surface area is 90.6 Å². The van der Waals surface area contributed by atoms with Crippen LogP contribution < -0.4 is 10.5 Å². The van der Waals surface area contributed by atoms with Crippen molar-refractivity contribution in [3.05, 3.63) is 29.8 Å². The van der Waals surface area contributed by atoms with Crippen LogP contribution in [0.15, 0.2) is 24.3 Å². The summed E-state index contributed by atoms with van der Waals surface area (Å²) < 4.78 is 41.9. The van der Waals surface area contributed by atoms with Gasteiger partial charge in [-0.25, -0.2) is 0 Å². The van der Waals surface area contributed by atoms with Crippen molar-refractivity contribution in [2.24, 2.45) is 5.73 Å². The minimum absolute atomic E-state index is 0.00103. The van der Waals surface area contributed by atoms with Crippen molar-refractivity contribution in [1.82, 2.24) is 0 Å². The Morgan fingerprint density at radius 3 is 2.62 bits per heavy atom. The van der Waals surface area contributed by atoms with Crippen LogP contribution in [0.1, 0.15) is 5.56 Å². The van der Waals surface area contributed by atoms with Crippen LogP contribution in [0.25, 0.3) is 0 Å². The second kappa shape index (κ2) is 5.18. The monoisotopic (exact) mass is 235 g/mol. The molecule has 0 fully saturated rings. The summed E-state index contributed by atoms with van der Waals surface area (Å²) in [5, 5.41) is 9.08. The van der Waals surface area contributed by atoms with Gasteiger partial charge in [0.1, 0.15) is 18.5 Å². The van der Waals surface area contributed by atoms with E-state index in [2.05, 4.69) is 0 Å². The van der Waals surface area contributed by atoms with Crippen LogP contribution in [0.5, 0.6) is 5.75 Å². The molecule has 3 N–H and O–H groups in total. The average Bonchev–Trinajstić information content (AvgIpc) is 2.25. The van der Waals surface area contributed by atoms with E-state index in [0.29, 0.717) is 0 Å². The van der Waals surface area contributed by atoms with Crippen LogP contribution in [0.3, 0.4) is 0 Å². The molecule has 0 saturated carbocycles. The van der Waals surface area contributed by atoms with Crippen molar-refractivity contribution >= 4 is 0 Å². The van der Waals surface area contributed by atoms with Gasteiger partial charge in [0, 0.05) is 6.54 Å². The highest BCUT2D eigenvalue weighted by Crippen LogP contribution is 2.31. The van der Waals surface area contributed by atoms with Crippen molar-refractivity contribution in [1.29, 1.82) is 0 Å². The van der Waals surface area contributed by atoms with E-state index in [1.54, 1.807) is 0 Å². The second-order valence-corrected chi connectivity index (χ2v) is 3.23. The summed E-state index contributed by atoms with van der Waals surface area (Å²) >= 11 is 0. The van der Waals surface area contributed by atoms with Crippen LogP contribution in [-0.4, -0.2) is 24.4 Å². The first-order valence-electron chi connectivity index (χ1n) is 4.61. The molecule has 1 aromatic carbocycles. The molecule has 1 atom stereocenters. The van der Waals surface area contributed by atoms with Gasteiger partial charge in [0.05, 0.1) is 5.56 Å². The Morgan fingerprint density at radius 2 is 2.06 bits per heavy atom. The van der Waals surface area contributed by atoms with E-state index in [1.165, 1.54) is 12.1 Å². The molecule has 0 aliphatic carbocycles. The molecule has 0 heterocycles. The minimum atomic E-state index is -4.40. The summed E-state index contributed by atoms with van der Waals surface area (Å²) in [4.78, 5) is 0. The summed E-state index contributed by atoms with van der Waals surface area (Å²) in [6.07, 6.45) is -5.28. The Kier molecular flexibility index (Phi) is 4.14. The Bertz CT molecular complexity index is 341. The van der Waals surface area contributed by atoms with E-state index in [-0.39, 0.29) is 18.9 Å². The van der Waals surface area contributed by atoms with Crippen molar-refractivity contribution in [2.45, 2.75) is 12.3 Å². The molecule has 16 heavy (non-hydrogen) atoms. The fraction of sp³-hybridized carbons (Fsp3) is 0.400. The van der Waals surface area contributed by atoms with Gasteiger partial charge in [0.2, 0.25) is 0 Å². The van der Waals surface area contributed by atoms with Crippen LogP contribution in [-0.2, 0) is 6.18 Å². The number of benzene rings is 1. The third-order valence-corrected chi connectivity index (χ3v) is 1.88. The molecule has 0 amide bonds. The van der Waals surface area contributed by atoms with Gasteiger partial charge in [-0.05, 0) is 18.2 Å². The van der Waals surface area contributed by atoms with Gasteiger partial charge in [0.15, 0.2) is 0 Å². The SMILES string of the molecule is NC[C@@H](O)COc1cccc(C(F)(F)F)c1. The molecule has 1 rings (SSSR count). The molecular formula is C10H12F3NO2. The average molecular weight is 235 g/mol. The number of rotatable bonds is 4. The number of halogens is 3. The zero-order valence-electron chi connectivity index (χ0n) is 8.37. The van der Waals surface area contributed by atoms with Gasteiger partial charge in [0.25, 0.3) is 0 Å². The molecule has 0 unspecified atom stereocenters. The Hall–Kier alpha value is -1.27. The lowest BCUT2D eigenvalue weighted by Crippen LogP contribution is -2.26. The van der Waals surface area contributed by atoms with Gasteiger partial charge >= 0.3 is 6.18 Å². The smallest absolute Gasteiger partial charge is 0.416 e. The lowest BCUT2D eigenvalue weighted by molar-refractivity contribution is -0.137. The number of aliphatic hydroxyl groups is 1. The topological polar surface area (TPSA) is 55.5 Å². The van der Waals surface area contributed by atoms with Gasteiger partial charge < -0.3 is 15.6 Å². The maximum absolute atomic E-state index is 12.3. The zero-order chi connectivity index (χ0) is 12.2. The third kappa shape index (κ3) is 3.71. The number of nitrogens with two attached hydrogens (primary N) is 1. The van der Waals surface area contributed by atoms with Gasteiger partial charge in [-0.15, -0.1) is 0 Å². The predicted molar refractivity (Wildman–Crippen MR) is 52.0 cm³/mol. The fourth-order valence-electron chi connectivity index (χ4n) is 1.02. The lowest BCUT2D eigenvalue weighted by atomic mass is 10.2. The third-order valence-electron chi connectivity index (χ3n) is 1.88. The number of hydrogen-bond donors (Lipinski definition) is 2. The highest BCUT2D eigenvalue weighted by molar-refractivity contribution is 5.30. The fourth-order valence-corrected chi connectivity index (χ4v) is 1.02. The maximum Gasteiger partial charge on any atom is 0.416 e. The quantitative estimate of drug-likeness (QED) is 0.829. The van der Waals surface area contributed by atoms with Crippen molar-refractivity contribution < 1.29 is 23.0 Å². The molecule has 0 aliphatic heterocycles.